The number of amides is 2. The van der Waals surface area contributed by atoms with Gasteiger partial charge in [-0.25, -0.2) is 13.2 Å². The highest BCUT2D eigenvalue weighted by molar-refractivity contribution is 9.11. The highest BCUT2D eigenvalue weighted by atomic mass is 79.9. The van der Waals surface area contributed by atoms with E-state index in [1.807, 2.05) is 18.2 Å². The number of halogens is 2. The molecule has 2 heterocycles. The van der Waals surface area contributed by atoms with E-state index in [9.17, 15) is 13.2 Å². The highest BCUT2D eigenvalue weighted by Gasteiger charge is 2.31. The van der Waals surface area contributed by atoms with E-state index in [-0.39, 0.29) is 19.1 Å². The summed E-state index contributed by atoms with van der Waals surface area (Å²) in [4.78, 5) is 14.0. The standard InChI is InChI=1S/C15H15Br2N3O3S2/c16-11-3-1-2-4-12(11)18-15(21)19-7-9-20(10-8-19)25(22,23)14-6-5-13(17)24-14/h1-6H,7-10H2,(H,18,21). The number of rotatable bonds is 3. The molecule has 0 aliphatic carbocycles. The number of hydrogen-bond acceptors (Lipinski definition) is 4. The quantitative estimate of drug-likeness (QED) is 0.685. The Hall–Kier alpha value is -0.940. The second kappa shape index (κ2) is 7.75. The SMILES string of the molecule is O=C(Nc1ccccc1Br)N1CCN(S(=O)(=O)c2ccc(Br)s2)CC1. The van der Waals surface area contributed by atoms with Gasteiger partial charge in [0.1, 0.15) is 4.21 Å². The molecule has 0 unspecified atom stereocenters. The average Bonchev–Trinajstić information content (AvgIpc) is 3.04. The second-order valence-corrected chi connectivity index (χ2v) is 10.8. The van der Waals surface area contributed by atoms with Gasteiger partial charge in [-0.3, -0.25) is 0 Å². The van der Waals surface area contributed by atoms with Crippen LogP contribution in [-0.2, 0) is 10.0 Å². The number of nitrogens with one attached hydrogen (secondary N) is 1. The van der Waals surface area contributed by atoms with Crippen molar-refractivity contribution in [2.45, 2.75) is 4.21 Å². The van der Waals surface area contributed by atoms with E-state index in [0.29, 0.717) is 23.0 Å². The maximum absolute atomic E-state index is 12.6. The van der Waals surface area contributed by atoms with Gasteiger partial charge in [-0.2, -0.15) is 4.31 Å². The van der Waals surface area contributed by atoms with Gasteiger partial charge in [-0.1, -0.05) is 12.1 Å². The molecule has 2 amide bonds. The fourth-order valence-electron chi connectivity index (χ4n) is 2.45. The number of benzene rings is 1. The summed E-state index contributed by atoms with van der Waals surface area (Å²) in [6, 6.07) is 10.4. The number of thiophene rings is 1. The topological polar surface area (TPSA) is 69.7 Å². The Labute approximate surface area is 167 Å². The van der Waals surface area contributed by atoms with Crippen molar-refractivity contribution in [2.24, 2.45) is 0 Å². The minimum atomic E-state index is -3.50. The maximum Gasteiger partial charge on any atom is 0.321 e. The van der Waals surface area contributed by atoms with Gasteiger partial charge < -0.3 is 10.2 Å². The lowest BCUT2D eigenvalue weighted by molar-refractivity contribution is 0.184. The third-order valence-electron chi connectivity index (χ3n) is 3.78. The Morgan fingerprint density at radius 2 is 1.72 bits per heavy atom. The summed E-state index contributed by atoms with van der Waals surface area (Å²) < 4.78 is 28.5. The third-order valence-corrected chi connectivity index (χ3v) is 8.47. The Morgan fingerprint density at radius 3 is 2.32 bits per heavy atom. The van der Waals surface area contributed by atoms with Gasteiger partial charge in [-0.05, 0) is 56.1 Å². The van der Waals surface area contributed by atoms with Crippen molar-refractivity contribution in [3.63, 3.8) is 0 Å². The molecule has 0 bridgehead atoms. The zero-order valence-corrected chi connectivity index (χ0v) is 17.8. The molecule has 0 atom stereocenters. The molecule has 10 heteroatoms. The van der Waals surface area contributed by atoms with E-state index in [0.717, 1.165) is 8.26 Å². The van der Waals surface area contributed by atoms with Gasteiger partial charge in [0.05, 0.1) is 9.47 Å². The van der Waals surface area contributed by atoms with Crippen molar-refractivity contribution in [3.8, 4) is 0 Å². The molecule has 6 nitrogen and oxygen atoms in total. The molecule has 1 fully saturated rings. The zero-order valence-electron chi connectivity index (χ0n) is 13.0. The number of piperazine rings is 1. The Bertz CT molecular complexity index is 878. The molecule has 1 N–H and O–H groups in total. The molecule has 2 aromatic rings. The van der Waals surface area contributed by atoms with Crippen LogP contribution in [0.3, 0.4) is 0 Å². The van der Waals surface area contributed by atoms with Crippen LogP contribution in [0.1, 0.15) is 0 Å². The van der Waals surface area contributed by atoms with Crippen molar-refractivity contribution < 1.29 is 13.2 Å². The van der Waals surface area contributed by atoms with Crippen molar-refractivity contribution in [3.05, 3.63) is 44.7 Å². The van der Waals surface area contributed by atoms with Crippen LogP contribution in [0.15, 0.2) is 48.9 Å². The Morgan fingerprint density at radius 1 is 1.04 bits per heavy atom. The van der Waals surface area contributed by atoms with Gasteiger partial charge in [0, 0.05) is 30.7 Å². The summed E-state index contributed by atoms with van der Waals surface area (Å²) in [6.45, 7) is 1.26. The molecular formula is C15H15Br2N3O3S2. The van der Waals surface area contributed by atoms with Gasteiger partial charge in [0.15, 0.2) is 0 Å². The summed E-state index contributed by atoms with van der Waals surface area (Å²) in [5.41, 5.74) is 0.686. The number of sulfonamides is 1. The van der Waals surface area contributed by atoms with Crippen molar-refractivity contribution in [1.82, 2.24) is 9.21 Å². The van der Waals surface area contributed by atoms with Crippen LogP contribution in [0.4, 0.5) is 10.5 Å². The van der Waals surface area contributed by atoms with Crippen LogP contribution in [0.25, 0.3) is 0 Å². The lowest BCUT2D eigenvalue weighted by Crippen LogP contribution is -2.51. The monoisotopic (exact) mass is 507 g/mol. The smallest absolute Gasteiger partial charge is 0.321 e. The number of hydrogen-bond donors (Lipinski definition) is 1. The summed E-state index contributed by atoms with van der Waals surface area (Å²) in [5.74, 6) is 0. The molecule has 1 aromatic carbocycles. The van der Waals surface area contributed by atoms with Crippen LogP contribution in [0.2, 0.25) is 0 Å². The maximum atomic E-state index is 12.6. The highest BCUT2D eigenvalue weighted by Crippen LogP contribution is 2.29. The molecular weight excluding hydrogens is 494 g/mol. The molecule has 134 valence electrons. The normalized spacial score (nSPS) is 16.0. The van der Waals surface area contributed by atoms with Crippen molar-refractivity contribution >= 4 is 64.9 Å². The molecule has 25 heavy (non-hydrogen) atoms. The van der Waals surface area contributed by atoms with Crippen molar-refractivity contribution in [2.75, 3.05) is 31.5 Å². The first-order chi connectivity index (χ1) is 11.9. The van der Waals surface area contributed by atoms with E-state index in [2.05, 4.69) is 37.2 Å². The van der Waals surface area contributed by atoms with E-state index >= 15 is 0 Å². The molecule has 0 radical (unpaired) electrons. The van der Waals surface area contributed by atoms with Crippen LogP contribution < -0.4 is 5.32 Å². The van der Waals surface area contributed by atoms with Gasteiger partial charge in [0.25, 0.3) is 10.0 Å². The lowest BCUT2D eigenvalue weighted by atomic mass is 10.3. The fraction of sp³-hybridized carbons (Fsp3) is 0.267. The molecule has 3 rings (SSSR count). The minimum Gasteiger partial charge on any atom is -0.322 e. The Balaban J connectivity index is 1.62. The molecule has 1 aliphatic heterocycles. The molecule has 1 aliphatic rings. The number of urea groups is 1. The number of carbonyl (C=O) groups is 1. The van der Waals surface area contributed by atoms with E-state index < -0.39 is 10.0 Å². The van der Waals surface area contributed by atoms with Crippen LogP contribution in [-0.4, -0.2) is 49.8 Å². The second-order valence-electron chi connectivity index (χ2n) is 5.36. The van der Waals surface area contributed by atoms with Gasteiger partial charge in [-0.15, -0.1) is 11.3 Å². The van der Waals surface area contributed by atoms with Crippen LogP contribution in [0.5, 0.6) is 0 Å². The van der Waals surface area contributed by atoms with Crippen LogP contribution in [0, 0.1) is 0 Å². The summed E-state index contributed by atoms with van der Waals surface area (Å²) in [5, 5.41) is 2.84. The minimum absolute atomic E-state index is 0.234. The van der Waals surface area contributed by atoms with Crippen LogP contribution >= 0.6 is 43.2 Å². The summed E-state index contributed by atoms with van der Waals surface area (Å²) in [6.07, 6.45) is 0. The van der Waals surface area contributed by atoms with Gasteiger partial charge >= 0.3 is 6.03 Å². The molecule has 1 saturated heterocycles. The first kappa shape index (κ1) is 18.8. The zero-order chi connectivity index (χ0) is 18.0. The third kappa shape index (κ3) is 4.25. The molecule has 1 aromatic heterocycles. The largest absolute Gasteiger partial charge is 0.322 e. The first-order valence-electron chi connectivity index (χ1n) is 7.44. The van der Waals surface area contributed by atoms with E-state index in [4.69, 9.17) is 0 Å². The number of carbonyl (C=O) groups excluding carboxylic acids is 1. The summed E-state index contributed by atoms with van der Waals surface area (Å²) >= 11 is 7.86. The lowest BCUT2D eigenvalue weighted by Gasteiger charge is -2.33. The molecule has 0 saturated carbocycles. The predicted molar refractivity (Wildman–Crippen MR) is 106 cm³/mol. The number of anilines is 1. The molecule has 0 spiro atoms. The average molecular weight is 509 g/mol. The van der Waals surface area contributed by atoms with E-state index in [1.165, 1.54) is 15.6 Å². The summed E-state index contributed by atoms with van der Waals surface area (Å²) in [7, 11) is -3.50. The van der Waals surface area contributed by atoms with Gasteiger partial charge in [0.2, 0.25) is 0 Å². The number of para-hydroxylation sites is 1. The first-order valence-corrected chi connectivity index (χ1v) is 11.3. The predicted octanol–water partition coefficient (Wildman–Crippen LogP) is 3.81. The Kier molecular flexibility index (Phi) is 5.84. The number of nitrogens with zero attached hydrogens (tertiary/aromatic N) is 2. The fourth-order valence-corrected chi connectivity index (χ4v) is 6.42. The van der Waals surface area contributed by atoms with E-state index in [1.54, 1.807) is 23.1 Å². The van der Waals surface area contributed by atoms with Crippen molar-refractivity contribution in [1.29, 1.82) is 0 Å².